The van der Waals surface area contributed by atoms with Crippen LogP contribution in [0.2, 0.25) is 0 Å². The predicted octanol–water partition coefficient (Wildman–Crippen LogP) is 4.55. The van der Waals surface area contributed by atoms with Gasteiger partial charge in [0.1, 0.15) is 11.5 Å². The molecular formula is C18H15NO2. The molecule has 3 heteroatoms. The Morgan fingerprint density at radius 1 is 0.857 bits per heavy atom. The third kappa shape index (κ3) is 3.20. The lowest BCUT2D eigenvalue weighted by Crippen LogP contribution is -1.88. The normalized spacial score (nSPS) is 10.3. The third-order valence-electron chi connectivity index (χ3n) is 3.17. The molecule has 3 nitrogen and oxygen atoms in total. The second-order valence-electron chi connectivity index (χ2n) is 4.84. The number of hydrogen-bond donors (Lipinski definition) is 1. The fourth-order valence-electron chi connectivity index (χ4n) is 2.05. The van der Waals surface area contributed by atoms with Crippen LogP contribution >= 0.6 is 0 Å². The topological polar surface area (TPSA) is 42.4 Å². The van der Waals surface area contributed by atoms with E-state index in [9.17, 15) is 5.11 Å². The van der Waals surface area contributed by atoms with Crippen LogP contribution in [0.4, 0.5) is 0 Å². The van der Waals surface area contributed by atoms with E-state index < -0.39 is 0 Å². The van der Waals surface area contributed by atoms with E-state index in [0.29, 0.717) is 5.88 Å². The van der Waals surface area contributed by atoms with Crippen molar-refractivity contribution >= 4 is 0 Å². The molecule has 0 spiro atoms. The molecule has 0 saturated heterocycles. The number of benzene rings is 2. The maximum absolute atomic E-state index is 9.31. The van der Waals surface area contributed by atoms with E-state index in [4.69, 9.17) is 4.74 Å². The van der Waals surface area contributed by atoms with E-state index in [-0.39, 0.29) is 5.75 Å². The molecule has 104 valence electrons. The van der Waals surface area contributed by atoms with Gasteiger partial charge in [-0.1, -0.05) is 24.3 Å². The Balaban J connectivity index is 1.79. The Labute approximate surface area is 123 Å². The number of aromatic nitrogens is 1. The molecule has 0 fully saturated rings. The number of nitrogens with zero attached hydrogens (tertiary/aromatic N) is 1. The molecule has 0 aliphatic heterocycles. The van der Waals surface area contributed by atoms with Crippen molar-refractivity contribution < 1.29 is 9.84 Å². The lowest BCUT2D eigenvalue weighted by atomic mass is 10.1. The molecule has 0 saturated carbocycles. The van der Waals surface area contributed by atoms with Crippen LogP contribution in [0.3, 0.4) is 0 Å². The molecule has 0 bridgehead atoms. The fraction of sp³-hybridized carbons (Fsp3) is 0.0556. The average Bonchev–Trinajstić information content (AvgIpc) is 2.49. The van der Waals surface area contributed by atoms with Crippen molar-refractivity contribution in [1.29, 1.82) is 0 Å². The van der Waals surface area contributed by atoms with E-state index in [2.05, 4.69) is 4.98 Å². The average molecular weight is 277 g/mol. The largest absolute Gasteiger partial charge is 0.508 e. The monoisotopic (exact) mass is 277 g/mol. The minimum Gasteiger partial charge on any atom is -0.508 e. The molecule has 0 amide bonds. The second-order valence-corrected chi connectivity index (χ2v) is 4.84. The van der Waals surface area contributed by atoms with E-state index in [0.717, 1.165) is 22.4 Å². The number of phenols is 1. The molecule has 3 aromatic rings. The van der Waals surface area contributed by atoms with E-state index >= 15 is 0 Å². The zero-order valence-corrected chi connectivity index (χ0v) is 11.7. The molecule has 3 rings (SSSR count). The molecule has 0 radical (unpaired) electrons. The lowest BCUT2D eigenvalue weighted by Gasteiger charge is -2.07. The van der Waals surface area contributed by atoms with Crippen molar-refractivity contribution in [3.8, 4) is 28.5 Å². The first kappa shape index (κ1) is 13.2. The van der Waals surface area contributed by atoms with Crippen LogP contribution in [-0.4, -0.2) is 10.1 Å². The highest BCUT2D eigenvalue weighted by Crippen LogP contribution is 2.26. The van der Waals surface area contributed by atoms with E-state index in [1.807, 2.05) is 55.5 Å². The van der Waals surface area contributed by atoms with Gasteiger partial charge < -0.3 is 9.84 Å². The number of rotatable bonds is 3. The molecule has 0 aliphatic carbocycles. The highest BCUT2D eigenvalue weighted by atomic mass is 16.5. The smallest absolute Gasteiger partial charge is 0.219 e. The predicted molar refractivity (Wildman–Crippen MR) is 82.6 cm³/mol. The molecular weight excluding hydrogens is 262 g/mol. The summed E-state index contributed by atoms with van der Waals surface area (Å²) in [5.74, 6) is 1.60. The fourth-order valence-corrected chi connectivity index (χ4v) is 2.05. The molecule has 21 heavy (non-hydrogen) atoms. The summed E-state index contributed by atoms with van der Waals surface area (Å²) in [7, 11) is 0. The van der Waals surface area contributed by atoms with Gasteiger partial charge in [0, 0.05) is 12.3 Å². The van der Waals surface area contributed by atoms with Crippen molar-refractivity contribution in [3.63, 3.8) is 0 Å². The first-order valence-corrected chi connectivity index (χ1v) is 6.71. The van der Waals surface area contributed by atoms with Crippen molar-refractivity contribution in [2.45, 2.75) is 6.92 Å². The first-order chi connectivity index (χ1) is 10.2. The van der Waals surface area contributed by atoms with Gasteiger partial charge in [-0.25, -0.2) is 4.98 Å². The van der Waals surface area contributed by atoms with Gasteiger partial charge >= 0.3 is 0 Å². The minimum absolute atomic E-state index is 0.268. The van der Waals surface area contributed by atoms with Gasteiger partial charge in [-0.2, -0.15) is 0 Å². The summed E-state index contributed by atoms with van der Waals surface area (Å²) in [4.78, 5) is 4.18. The quantitative estimate of drug-likeness (QED) is 0.763. The van der Waals surface area contributed by atoms with Crippen LogP contribution in [0.25, 0.3) is 11.1 Å². The summed E-state index contributed by atoms with van der Waals surface area (Å²) in [5.41, 5.74) is 3.23. The molecule has 1 aromatic heterocycles. The first-order valence-electron chi connectivity index (χ1n) is 6.71. The lowest BCUT2D eigenvalue weighted by molar-refractivity contribution is 0.462. The van der Waals surface area contributed by atoms with Crippen molar-refractivity contribution in [2.75, 3.05) is 0 Å². The van der Waals surface area contributed by atoms with Crippen LogP contribution < -0.4 is 4.74 Å². The summed E-state index contributed by atoms with van der Waals surface area (Å²) in [6.45, 7) is 2.00. The number of phenolic OH excluding ortho intramolecular Hbond substituents is 1. The van der Waals surface area contributed by atoms with Crippen molar-refractivity contribution in [3.05, 3.63) is 72.4 Å². The number of pyridine rings is 1. The van der Waals surface area contributed by atoms with E-state index in [1.54, 1.807) is 18.3 Å². The van der Waals surface area contributed by atoms with Crippen molar-refractivity contribution in [2.24, 2.45) is 0 Å². The highest BCUT2D eigenvalue weighted by Gasteiger charge is 2.01. The van der Waals surface area contributed by atoms with Gasteiger partial charge in [-0.15, -0.1) is 0 Å². The Morgan fingerprint density at radius 3 is 2.10 bits per heavy atom. The third-order valence-corrected chi connectivity index (χ3v) is 3.17. The standard InChI is InChI=1S/C18H15NO2/c1-13-10-11-19-18(12-13)21-17-8-4-15(5-9-17)14-2-6-16(20)7-3-14/h2-12,20H,1H3. The van der Waals surface area contributed by atoms with Gasteiger partial charge in [0.2, 0.25) is 5.88 Å². The molecule has 1 N–H and O–H groups in total. The summed E-state index contributed by atoms with van der Waals surface area (Å²) in [6.07, 6.45) is 1.73. The summed E-state index contributed by atoms with van der Waals surface area (Å²) in [5, 5.41) is 9.31. The van der Waals surface area contributed by atoms with Gasteiger partial charge in [-0.3, -0.25) is 0 Å². The van der Waals surface area contributed by atoms with Gasteiger partial charge in [-0.05, 0) is 53.9 Å². The zero-order chi connectivity index (χ0) is 14.7. The molecule has 0 unspecified atom stereocenters. The van der Waals surface area contributed by atoms with Gasteiger partial charge in [0.15, 0.2) is 0 Å². The SMILES string of the molecule is Cc1ccnc(Oc2ccc(-c3ccc(O)cc3)cc2)c1. The maximum Gasteiger partial charge on any atom is 0.219 e. The maximum atomic E-state index is 9.31. The summed E-state index contributed by atoms with van der Waals surface area (Å²) >= 11 is 0. The van der Waals surface area contributed by atoms with Crippen LogP contribution in [0.1, 0.15) is 5.56 Å². The Kier molecular flexibility index (Phi) is 3.56. The van der Waals surface area contributed by atoms with Crippen LogP contribution in [-0.2, 0) is 0 Å². The number of ether oxygens (including phenoxy) is 1. The molecule has 2 aromatic carbocycles. The number of aromatic hydroxyl groups is 1. The molecule has 1 heterocycles. The van der Waals surface area contributed by atoms with Crippen LogP contribution in [0.15, 0.2) is 66.9 Å². The zero-order valence-electron chi connectivity index (χ0n) is 11.7. The number of hydrogen-bond acceptors (Lipinski definition) is 3. The molecule has 0 aliphatic rings. The van der Waals surface area contributed by atoms with Gasteiger partial charge in [0.05, 0.1) is 0 Å². The van der Waals surface area contributed by atoms with E-state index in [1.165, 1.54) is 0 Å². The molecule has 0 atom stereocenters. The summed E-state index contributed by atoms with van der Waals surface area (Å²) < 4.78 is 5.72. The Bertz CT molecular complexity index is 734. The Morgan fingerprint density at radius 2 is 1.48 bits per heavy atom. The Hall–Kier alpha value is -2.81. The number of aryl methyl sites for hydroxylation is 1. The highest BCUT2D eigenvalue weighted by molar-refractivity contribution is 5.64. The van der Waals surface area contributed by atoms with Crippen LogP contribution in [0, 0.1) is 6.92 Å². The van der Waals surface area contributed by atoms with Crippen molar-refractivity contribution in [1.82, 2.24) is 4.98 Å². The minimum atomic E-state index is 0.268. The second kappa shape index (κ2) is 5.67. The van der Waals surface area contributed by atoms with Gasteiger partial charge in [0.25, 0.3) is 0 Å². The van der Waals surface area contributed by atoms with Crippen LogP contribution in [0.5, 0.6) is 17.4 Å². The summed E-state index contributed by atoms with van der Waals surface area (Å²) in [6, 6.07) is 18.7.